The highest BCUT2D eigenvalue weighted by molar-refractivity contribution is 5.82. The van der Waals surface area contributed by atoms with E-state index in [4.69, 9.17) is 9.72 Å². The minimum absolute atomic E-state index is 0.0946. The normalized spacial score (nSPS) is 16.6. The molecule has 0 bridgehead atoms. The number of fused-ring (bicyclic) bond motifs is 1. The van der Waals surface area contributed by atoms with Crippen molar-refractivity contribution in [2.45, 2.75) is 56.5 Å². The second kappa shape index (κ2) is 11.3. The predicted octanol–water partition coefficient (Wildman–Crippen LogP) is 5.46. The summed E-state index contributed by atoms with van der Waals surface area (Å²) in [6.07, 6.45) is -3.84. The van der Waals surface area contributed by atoms with Crippen molar-refractivity contribution in [3.8, 4) is 5.75 Å². The predicted molar refractivity (Wildman–Crippen MR) is 152 cm³/mol. The highest BCUT2D eigenvalue weighted by atomic mass is 19.4. The molecule has 4 aromatic rings. The lowest BCUT2D eigenvalue weighted by atomic mass is 9.94. The Hall–Kier alpha value is -4.44. The SMILES string of the molecule is O=C([C@H](O)c1cccc(C(F)(F)F)c1)N1CCCc2nc(C3(c4cccc(OCc5ccccc5)c4)CC3)[nH]c(=O)c2C1. The number of carbonyl (C=O) groups excluding carboxylic acids is 1. The minimum Gasteiger partial charge on any atom is -0.489 e. The first-order valence-corrected chi connectivity index (χ1v) is 14.2. The zero-order valence-electron chi connectivity index (χ0n) is 23.2. The highest BCUT2D eigenvalue weighted by Gasteiger charge is 2.49. The molecule has 3 aromatic carbocycles. The first-order valence-electron chi connectivity index (χ1n) is 14.2. The molecule has 0 radical (unpaired) electrons. The van der Waals surface area contributed by atoms with Gasteiger partial charge < -0.3 is 19.7 Å². The fourth-order valence-corrected chi connectivity index (χ4v) is 5.65. The van der Waals surface area contributed by atoms with Gasteiger partial charge in [0.15, 0.2) is 6.10 Å². The van der Waals surface area contributed by atoms with E-state index >= 15 is 0 Å². The van der Waals surface area contributed by atoms with E-state index in [2.05, 4.69) is 4.98 Å². The summed E-state index contributed by atoms with van der Waals surface area (Å²) in [4.78, 5) is 35.7. The van der Waals surface area contributed by atoms with Crippen LogP contribution in [-0.4, -0.2) is 32.4 Å². The Kier molecular flexibility index (Phi) is 7.56. The minimum atomic E-state index is -4.60. The van der Waals surface area contributed by atoms with Crippen LogP contribution < -0.4 is 10.3 Å². The second-order valence-electron chi connectivity index (χ2n) is 11.1. The van der Waals surface area contributed by atoms with Crippen LogP contribution in [0, 0.1) is 0 Å². The molecular formula is C33H30F3N3O4. The third-order valence-corrected chi connectivity index (χ3v) is 8.21. The molecule has 2 heterocycles. The largest absolute Gasteiger partial charge is 0.489 e. The van der Waals surface area contributed by atoms with Crippen LogP contribution in [0.3, 0.4) is 0 Å². The van der Waals surface area contributed by atoms with Gasteiger partial charge in [0.1, 0.15) is 18.2 Å². The Morgan fingerprint density at radius 2 is 1.81 bits per heavy atom. The van der Waals surface area contributed by atoms with Crippen molar-refractivity contribution in [3.63, 3.8) is 0 Å². The number of nitrogens with zero attached hydrogens (tertiary/aromatic N) is 2. The molecule has 222 valence electrons. The zero-order valence-corrected chi connectivity index (χ0v) is 23.2. The summed E-state index contributed by atoms with van der Waals surface area (Å²) in [5.74, 6) is 0.528. The van der Waals surface area contributed by atoms with E-state index in [9.17, 15) is 27.9 Å². The lowest BCUT2D eigenvalue weighted by Gasteiger charge is -2.24. The second-order valence-corrected chi connectivity index (χ2v) is 11.1. The average Bonchev–Trinajstić information content (AvgIpc) is 3.84. The van der Waals surface area contributed by atoms with E-state index in [0.717, 1.165) is 47.9 Å². The quantitative estimate of drug-likeness (QED) is 0.299. The lowest BCUT2D eigenvalue weighted by Crippen LogP contribution is -2.36. The van der Waals surface area contributed by atoms with Crippen molar-refractivity contribution in [1.82, 2.24) is 14.9 Å². The van der Waals surface area contributed by atoms with Crippen molar-refractivity contribution >= 4 is 5.91 Å². The van der Waals surface area contributed by atoms with Crippen molar-refractivity contribution in [2.24, 2.45) is 0 Å². The molecule has 10 heteroatoms. The van der Waals surface area contributed by atoms with Crippen LogP contribution >= 0.6 is 0 Å². The summed E-state index contributed by atoms with van der Waals surface area (Å²) < 4.78 is 45.5. The van der Waals surface area contributed by atoms with Gasteiger partial charge in [-0.25, -0.2) is 4.98 Å². The first-order chi connectivity index (χ1) is 20.6. The number of alkyl halides is 3. The fraction of sp³-hybridized carbons (Fsp3) is 0.303. The number of nitrogens with one attached hydrogen (secondary N) is 1. The van der Waals surface area contributed by atoms with E-state index in [1.807, 2.05) is 54.6 Å². The topological polar surface area (TPSA) is 95.5 Å². The summed E-state index contributed by atoms with van der Waals surface area (Å²) >= 11 is 0. The van der Waals surface area contributed by atoms with Gasteiger partial charge in [0.2, 0.25) is 0 Å². The first kappa shape index (κ1) is 28.7. The molecule has 43 heavy (non-hydrogen) atoms. The number of aromatic amines is 1. The monoisotopic (exact) mass is 589 g/mol. The van der Waals surface area contributed by atoms with Crippen LogP contribution in [-0.2, 0) is 36.0 Å². The molecule has 2 N–H and O–H groups in total. The van der Waals surface area contributed by atoms with Crippen molar-refractivity contribution in [1.29, 1.82) is 0 Å². The molecule has 1 aliphatic heterocycles. The molecule has 6 rings (SSSR count). The van der Waals surface area contributed by atoms with Crippen molar-refractivity contribution in [3.05, 3.63) is 129 Å². The van der Waals surface area contributed by atoms with Gasteiger partial charge in [0.05, 0.1) is 28.8 Å². The molecule has 2 aliphatic rings. The van der Waals surface area contributed by atoms with Crippen LogP contribution in [0.15, 0.2) is 83.7 Å². The summed E-state index contributed by atoms with van der Waals surface area (Å²) in [7, 11) is 0. The molecule has 1 amide bonds. The van der Waals surface area contributed by atoms with Gasteiger partial charge in [-0.15, -0.1) is 0 Å². The van der Waals surface area contributed by atoms with Gasteiger partial charge in [0.25, 0.3) is 11.5 Å². The van der Waals surface area contributed by atoms with E-state index in [0.29, 0.717) is 36.5 Å². The molecule has 1 aliphatic carbocycles. The maximum absolute atomic E-state index is 13.4. The number of halogens is 3. The number of hydrogen-bond acceptors (Lipinski definition) is 5. The van der Waals surface area contributed by atoms with Crippen LogP contribution in [0.1, 0.15) is 64.7 Å². The number of aliphatic hydroxyl groups excluding tert-OH is 1. The van der Waals surface area contributed by atoms with Gasteiger partial charge >= 0.3 is 6.18 Å². The molecule has 1 fully saturated rings. The molecule has 0 spiro atoms. The summed E-state index contributed by atoms with van der Waals surface area (Å²) in [6, 6.07) is 21.8. The number of benzene rings is 3. The van der Waals surface area contributed by atoms with Crippen LogP contribution in [0.5, 0.6) is 5.75 Å². The number of aryl methyl sites for hydroxylation is 1. The Morgan fingerprint density at radius 3 is 2.56 bits per heavy atom. The highest BCUT2D eigenvalue weighted by Crippen LogP contribution is 2.52. The third kappa shape index (κ3) is 5.92. The Labute approximate surface area is 246 Å². The lowest BCUT2D eigenvalue weighted by molar-refractivity contribution is -0.142. The standard InChI is InChI=1S/C33H30F3N3O4/c34-33(35,36)24-11-4-9-22(17-24)28(40)30(42)39-16-6-13-27-26(19-39)29(41)38-31(37-27)32(14-15-32)23-10-5-12-25(18-23)43-20-21-7-2-1-3-8-21/h1-5,7-12,17-18,28,40H,6,13-16,19-20H2,(H,37,38,41)/t28-/m1/s1. The van der Waals surface area contributed by atoms with Crippen molar-refractivity contribution in [2.75, 3.05) is 6.54 Å². The molecule has 1 atom stereocenters. The smallest absolute Gasteiger partial charge is 0.416 e. The number of rotatable bonds is 7. The Bertz CT molecular complexity index is 1700. The van der Waals surface area contributed by atoms with E-state index in [-0.39, 0.29) is 24.2 Å². The number of carbonyl (C=O) groups is 1. The number of ether oxygens (including phenoxy) is 1. The Balaban J connectivity index is 1.21. The molecule has 1 saturated carbocycles. The average molecular weight is 590 g/mol. The van der Waals surface area contributed by atoms with Crippen LogP contribution in [0.2, 0.25) is 0 Å². The molecule has 0 unspecified atom stereocenters. The number of aromatic nitrogens is 2. The van der Waals surface area contributed by atoms with Gasteiger partial charge in [-0.05, 0) is 66.6 Å². The van der Waals surface area contributed by atoms with E-state index in [1.165, 1.54) is 11.0 Å². The Morgan fingerprint density at radius 1 is 1.05 bits per heavy atom. The van der Waals surface area contributed by atoms with E-state index in [1.54, 1.807) is 0 Å². The number of H-pyrrole nitrogens is 1. The molecule has 7 nitrogen and oxygen atoms in total. The zero-order chi connectivity index (χ0) is 30.2. The third-order valence-electron chi connectivity index (χ3n) is 8.21. The maximum Gasteiger partial charge on any atom is 0.416 e. The van der Waals surface area contributed by atoms with Crippen molar-refractivity contribution < 1.29 is 27.8 Å². The fourth-order valence-electron chi connectivity index (χ4n) is 5.65. The molecular weight excluding hydrogens is 559 g/mol. The molecule has 1 aromatic heterocycles. The van der Waals surface area contributed by atoms with Crippen LogP contribution in [0.4, 0.5) is 13.2 Å². The number of hydrogen-bond donors (Lipinski definition) is 2. The van der Waals surface area contributed by atoms with Crippen LogP contribution in [0.25, 0.3) is 0 Å². The van der Waals surface area contributed by atoms with Gasteiger partial charge in [0, 0.05) is 6.54 Å². The molecule has 0 saturated heterocycles. The van der Waals surface area contributed by atoms with Gasteiger partial charge in [-0.2, -0.15) is 13.2 Å². The van der Waals surface area contributed by atoms with Gasteiger partial charge in [-0.3, -0.25) is 9.59 Å². The van der Waals surface area contributed by atoms with Gasteiger partial charge in [-0.1, -0.05) is 54.6 Å². The number of aliphatic hydroxyl groups is 1. The maximum atomic E-state index is 13.4. The summed E-state index contributed by atoms with van der Waals surface area (Å²) in [6.45, 7) is 0.567. The van der Waals surface area contributed by atoms with E-state index < -0.39 is 29.2 Å². The number of amides is 1. The summed E-state index contributed by atoms with van der Waals surface area (Å²) in [5, 5.41) is 10.7. The summed E-state index contributed by atoms with van der Waals surface area (Å²) in [5.41, 5.74) is 1.05.